The van der Waals surface area contributed by atoms with Gasteiger partial charge < -0.3 is 25.1 Å². The van der Waals surface area contributed by atoms with Gasteiger partial charge in [-0.3, -0.25) is 9.59 Å². The minimum atomic E-state index is -0.685. The van der Waals surface area contributed by atoms with Gasteiger partial charge in [0.25, 0.3) is 11.8 Å². The molecule has 0 bridgehead atoms. The molecule has 0 saturated carbocycles. The highest BCUT2D eigenvalue weighted by Crippen LogP contribution is 2.22. The van der Waals surface area contributed by atoms with E-state index in [1.807, 2.05) is 13.8 Å². The van der Waals surface area contributed by atoms with Crippen molar-refractivity contribution in [1.29, 1.82) is 0 Å². The van der Waals surface area contributed by atoms with E-state index in [0.717, 1.165) is 0 Å². The molecule has 2 amide bonds. The van der Waals surface area contributed by atoms with Crippen LogP contribution in [0, 0.1) is 10.1 Å². The number of amides is 2. The van der Waals surface area contributed by atoms with Gasteiger partial charge in [-0.25, -0.2) is 0 Å². The number of hydrogen-bond donors (Lipinski definition) is 1. The Kier molecular flexibility index (Phi) is 6.81. The van der Waals surface area contributed by atoms with E-state index in [2.05, 4.69) is 10.3 Å². The molecule has 142 valence electrons. The summed E-state index contributed by atoms with van der Waals surface area (Å²) < 4.78 is 5.19. The first-order valence-electron chi connectivity index (χ1n) is 8.37. The van der Waals surface area contributed by atoms with Crippen molar-refractivity contribution in [3.8, 4) is 5.75 Å². The predicted octanol–water partition coefficient (Wildman–Crippen LogP) is 2.49. The molecule has 0 spiro atoms. The first-order chi connectivity index (χ1) is 13.0. The largest absolute Gasteiger partial charge is 0.476 e. The average molecular weight is 372 g/mol. The van der Waals surface area contributed by atoms with Crippen LogP contribution < -0.4 is 10.1 Å². The molecule has 1 aromatic carbocycles. The summed E-state index contributed by atoms with van der Waals surface area (Å²) in [6.45, 7) is 4.53. The van der Waals surface area contributed by atoms with Crippen LogP contribution in [0.2, 0.25) is 0 Å². The number of benzene rings is 1. The monoisotopic (exact) mass is 372 g/mol. The van der Waals surface area contributed by atoms with Gasteiger partial charge in [-0.2, -0.15) is 0 Å². The zero-order valence-electron chi connectivity index (χ0n) is 15.0. The fraction of sp³-hybridized carbons (Fsp3) is 0.278. The molecule has 9 heteroatoms. The second kappa shape index (κ2) is 9.27. The van der Waals surface area contributed by atoms with Crippen LogP contribution in [0.1, 0.15) is 24.2 Å². The first-order valence-corrected chi connectivity index (χ1v) is 8.37. The summed E-state index contributed by atoms with van der Waals surface area (Å²) in [5.41, 5.74) is 0.891. The van der Waals surface area contributed by atoms with E-state index in [1.165, 1.54) is 18.3 Å². The van der Waals surface area contributed by atoms with Gasteiger partial charge in [0.15, 0.2) is 6.61 Å². The van der Waals surface area contributed by atoms with E-state index in [1.54, 1.807) is 29.2 Å². The van der Waals surface area contributed by atoms with Crippen molar-refractivity contribution in [2.75, 3.05) is 25.0 Å². The average Bonchev–Trinajstić information content (AvgIpc) is 2.67. The fourth-order valence-corrected chi connectivity index (χ4v) is 2.40. The molecule has 1 N–H and O–H groups in total. The molecule has 0 aliphatic rings. The van der Waals surface area contributed by atoms with Crippen LogP contribution in [0.3, 0.4) is 0 Å². The van der Waals surface area contributed by atoms with E-state index in [9.17, 15) is 19.7 Å². The highest BCUT2D eigenvalue weighted by molar-refractivity contribution is 5.97. The standard InChI is InChI=1S/C18H20N4O5/c1-3-21(4-2)18(24)13-7-5-8-14(11-13)20-16(23)12-27-15-9-6-10-19-17(15)22(25)26/h5-11H,3-4,12H2,1-2H3,(H,20,23). The van der Waals surface area contributed by atoms with Gasteiger partial charge in [-0.05, 0) is 54.1 Å². The third kappa shape index (κ3) is 5.24. The topological polar surface area (TPSA) is 115 Å². The van der Waals surface area contributed by atoms with E-state index >= 15 is 0 Å². The molecular formula is C18H20N4O5. The number of anilines is 1. The van der Waals surface area contributed by atoms with Gasteiger partial charge in [0.1, 0.15) is 6.20 Å². The van der Waals surface area contributed by atoms with Crippen LogP contribution in [-0.2, 0) is 4.79 Å². The number of pyridine rings is 1. The molecular weight excluding hydrogens is 352 g/mol. The molecule has 0 atom stereocenters. The Bertz CT molecular complexity index is 836. The summed E-state index contributed by atoms with van der Waals surface area (Å²) in [6.07, 6.45) is 1.27. The van der Waals surface area contributed by atoms with Gasteiger partial charge in [0, 0.05) is 24.3 Å². The molecule has 27 heavy (non-hydrogen) atoms. The first kappa shape index (κ1) is 19.8. The molecule has 1 aromatic heterocycles. The van der Waals surface area contributed by atoms with Gasteiger partial charge in [-0.15, -0.1) is 0 Å². The molecule has 9 nitrogen and oxygen atoms in total. The number of nitrogens with zero attached hydrogens (tertiary/aromatic N) is 3. The summed E-state index contributed by atoms with van der Waals surface area (Å²) in [6, 6.07) is 9.39. The summed E-state index contributed by atoms with van der Waals surface area (Å²) in [5.74, 6) is -1.20. The lowest BCUT2D eigenvalue weighted by Crippen LogP contribution is -2.30. The zero-order chi connectivity index (χ0) is 19.8. The number of carbonyl (C=O) groups excluding carboxylic acids is 2. The Morgan fingerprint density at radius 3 is 2.63 bits per heavy atom. The molecule has 0 aliphatic carbocycles. The van der Waals surface area contributed by atoms with Gasteiger partial charge in [0.05, 0.1) is 0 Å². The SMILES string of the molecule is CCN(CC)C(=O)c1cccc(NC(=O)COc2cccnc2[N+](=O)[O-])c1. The molecule has 1 heterocycles. The fourth-order valence-electron chi connectivity index (χ4n) is 2.40. The lowest BCUT2D eigenvalue weighted by molar-refractivity contribution is -0.390. The maximum absolute atomic E-state index is 12.4. The predicted molar refractivity (Wildman–Crippen MR) is 98.7 cm³/mol. The molecule has 2 rings (SSSR count). The van der Waals surface area contributed by atoms with Crippen molar-refractivity contribution < 1.29 is 19.2 Å². The highest BCUT2D eigenvalue weighted by atomic mass is 16.6. The number of ether oxygens (including phenoxy) is 1. The summed E-state index contributed by atoms with van der Waals surface area (Å²) in [5, 5.41) is 13.5. The van der Waals surface area contributed by atoms with Crippen LogP contribution in [0.5, 0.6) is 5.75 Å². The highest BCUT2D eigenvalue weighted by Gasteiger charge is 2.17. The van der Waals surface area contributed by atoms with Gasteiger partial charge >= 0.3 is 5.82 Å². The normalized spacial score (nSPS) is 10.1. The molecule has 0 aliphatic heterocycles. The number of hydrogen-bond acceptors (Lipinski definition) is 6. The smallest absolute Gasteiger partial charge is 0.406 e. The van der Waals surface area contributed by atoms with Crippen molar-refractivity contribution in [2.24, 2.45) is 0 Å². The zero-order valence-corrected chi connectivity index (χ0v) is 15.0. The second-order valence-electron chi connectivity index (χ2n) is 5.48. The molecule has 0 fully saturated rings. The number of rotatable bonds is 8. The Labute approximate surface area is 156 Å². The van der Waals surface area contributed by atoms with Gasteiger partial charge in [-0.1, -0.05) is 6.07 Å². The van der Waals surface area contributed by atoms with Gasteiger partial charge in [0.2, 0.25) is 5.75 Å². The molecule has 0 saturated heterocycles. The second-order valence-corrected chi connectivity index (χ2v) is 5.48. The Morgan fingerprint density at radius 2 is 1.96 bits per heavy atom. The van der Waals surface area contributed by atoms with Crippen molar-refractivity contribution in [3.63, 3.8) is 0 Å². The minimum absolute atomic E-state index is 0.0943. The third-order valence-corrected chi connectivity index (χ3v) is 3.73. The van der Waals surface area contributed by atoms with Crippen molar-refractivity contribution in [1.82, 2.24) is 9.88 Å². The van der Waals surface area contributed by atoms with Crippen LogP contribution in [0.4, 0.5) is 11.5 Å². The third-order valence-electron chi connectivity index (χ3n) is 3.73. The van der Waals surface area contributed by atoms with E-state index in [0.29, 0.717) is 24.3 Å². The van der Waals surface area contributed by atoms with Crippen molar-refractivity contribution in [2.45, 2.75) is 13.8 Å². The molecule has 2 aromatic rings. The molecule has 0 unspecified atom stereocenters. The number of nitrogens with one attached hydrogen (secondary N) is 1. The number of nitro groups is 1. The summed E-state index contributed by atoms with van der Waals surface area (Å²) in [7, 11) is 0. The van der Waals surface area contributed by atoms with Crippen LogP contribution >= 0.6 is 0 Å². The Hall–Kier alpha value is -3.49. The van der Waals surface area contributed by atoms with Crippen molar-refractivity contribution >= 4 is 23.3 Å². The minimum Gasteiger partial charge on any atom is -0.476 e. The lowest BCUT2D eigenvalue weighted by Gasteiger charge is -2.19. The van der Waals surface area contributed by atoms with Crippen LogP contribution in [0.15, 0.2) is 42.6 Å². The van der Waals surface area contributed by atoms with E-state index < -0.39 is 23.3 Å². The Balaban J connectivity index is 2.01. The van der Waals surface area contributed by atoms with Crippen LogP contribution in [0.25, 0.3) is 0 Å². The quantitative estimate of drug-likeness (QED) is 0.562. The number of aromatic nitrogens is 1. The van der Waals surface area contributed by atoms with Crippen molar-refractivity contribution in [3.05, 3.63) is 58.3 Å². The maximum Gasteiger partial charge on any atom is 0.406 e. The molecule has 0 radical (unpaired) electrons. The van der Waals surface area contributed by atoms with E-state index in [-0.39, 0.29) is 11.7 Å². The summed E-state index contributed by atoms with van der Waals surface area (Å²) in [4.78, 5) is 39.9. The lowest BCUT2D eigenvalue weighted by atomic mass is 10.1. The van der Waals surface area contributed by atoms with E-state index in [4.69, 9.17) is 4.74 Å². The summed E-state index contributed by atoms with van der Waals surface area (Å²) >= 11 is 0. The maximum atomic E-state index is 12.4. The van der Waals surface area contributed by atoms with Crippen LogP contribution in [-0.4, -0.2) is 46.3 Å². The Morgan fingerprint density at radius 1 is 1.22 bits per heavy atom. The number of carbonyl (C=O) groups is 2.